The van der Waals surface area contributed by atoms with Gasteiger partial charge in [-0.25, -0.2) is 4.79 Å². The van der Waals surface area contributed by atoms with E-state index >= 15 is 0 Å². The molecule has 7 atom stereocenters. The van der Waals surface area contributed by atoms with Crippen LogP contribution in [0.1, 0.15) is 78.1 Å². The van der Waals surface area contributed by atoms with Gasteiger partial charge in [-0.2, -0.15) is 0 Å². The standard InChI is InChI=1S/C22H36O3/c1-21-10-4-5-18(21)17-7-6-15-13-16(25-14-20(23)24-3)8-12-22(15,2)19(17)9-11-21/h15-19H,4-14H2,1-3H3/t15-,16+,17-,18+,19+,21-,22-/m0/s1. The molecule has 0 unspecified atom stereocenters. The van der Waals surface area contributed by atoms with E-state index in [1.54, 1.807) is 0 Å². The van der Waals surface area contributed by atoms with Crippen molar-refractivity contribution in [2.24, 2.45) is 34.5 Å². The van der Waals surface area contributed by atoms with Crippen LogP contribution < -0.4 is 0 Å². The summed E-state index contributed by atoms with van der Waals surface area (Å²) < 4.78 is 10.6. The van der Waals surface area contributed by atoms with E-state index in [1.807, 2.05) is 0 Å². The molecule has 4 rings (SSSR count). The van der Waals surface area contributed by atoms with Gasteiger partial charge in [-0.3, -0.25) is 0 Å². The van der Waals surface area contributed by atoms with E-state index in [0.717, 1.165) is 36.5 Å². The van der Waals surface area contributed by atoms with Gasteiger partial charge >= 0.3 is 5.97 Å². The van der Waals surface area contributed by atoms with E-state index in [4.69, 9.17) is 9.47 Å². The summed E-state index contributed by atoms with van der Waals surface area (Å²) in [5, 5.41) is 0. The van der Waals surface area contributed by atoms with E-state index in [9.17, 15) is 4.79 Å². The minimum Gasteiger partial charge on any atom is -0.467 e. The molecule has 0 aromatic rings. The largest absolute Gasteiger partial charge is 0.467 e. The Hall–Kier alpha value is -0.570. The molecule has 0 aromatic heterocycles. The van der Waals surface area contributed by atoms with Crippen molar-refractivity contribution in [3.05, 3.63) is 0 Å². The second-order valence-electron chi connectivity index (χ2n) is 10.0. The first-order chi connectivity index (χ1) is 12.0. The molecule has 0 amide bonds. The number of fused-ring (bicyclic) bond motifs is 5. The Morgan fingerprint density at radius 2 is 1.84 bits per heavy atom. The van der Waals surface area contributed by atoms with Gasteiger partial charge < -0.3 is 9.47 Å². The lowest BCUT2D eigenvalue weighted by atomic mass is 9.45. The fourth-order valence-electron chi connectivity index (χ4n) is 7.61. The molecule has 142 valence electrons. The Kier molecular flexibility index (Phi) is 4.67. The molecule has 3 nitrogen and oxygen atoms in total. The number of carbonyl (C=O) groups is 1. The van der Waals surface area contributed by atoms with E-state index in [0.29, 0.717) is 10.8 Å². The Morgan fingerprint density at radius 1 is 1.00 bits per heavy atom. The van der Waals surface area contributed by atoms with Crippen molar-refractivity contribution in [1.82, 2.24) is 0 Å². The predicted molar refractivity (Wildman–Crippen MR) is 98.1 cm³/mol. The first-order valence-corrected chi connectivity index (χ1v) is 10.6. The number of esters is 1. The Balaban J connectivity index is 1.44. The molecule has 4 fully saturated rings. The third kappa shape index (κ3) is 2.95. The van der Waals surface area contributed by atoms with Crippen LogP contribution in [0.4, 0.5) is 0 Å². The van der Waals surface area contributed by atoms with E-state index in [2.05, 4.69) is 13.8 Å². The van der Waals surface area contributed by atoms with Crippen LogP contribution >= 0.6 is 0 Å². The van der Waals surface area contributed by atoms with E-state index in [-0.39, 0.29) is 18.7 Å². The number of carbonyl (C=O) groups excluding carboxylic acids is 1. The van der Waals surface area contributed by atoms with Gasteiger partial charge in [0, 0.05) is 0 Å². The molecule has 4 saturated carbocycles. The molecule has 0 saturated heterocycles. The van der Waals surface area contributed by atoms with Crippen molar-refractivity contribution in [3.8, 4) is 0 Å². The quantitative estimate of drug-likeness (QED) is 0.675. The third-order valence-corrected chi connectivity index (χ3v) is 9.06. The lowest BCUT2D eigenvalue weighted by molar-refractivity contribution is -0.155. The molecule has 0 spiro atoms. The van der Waals surface area contributed by atoms with E-state index in [1.165, 1.54) is 58.5 Å². The summed E-state index contributed by atoms with van der Waals surface area (Å²) in [5.41, 5.74) is 1.17. The number of rotatable bonds is 3. The first-order valence-electron chi connectivity index (χ1n) is 10.6. The molecular weight excluding hydrogens is 312 g/mol. The fourth-order valence-corrected chi connectivity index (χ4v) is 7.61. The highest BCUT2D eigenvalue weighted by Gasteiger charge is 2.57. The van der Waals surface area contributed by atoms with Gasteiger partial charge in [0.2, 0.25) is 0 Å². The first kappa shape index (κ1) is 17.8. The summed E-state index contributed by atoms with van der Waals surface area (Å²) in [6.07, 6.45) is 14.0. The van der Waals surface area contributed by atoms with Crippen molar-refractivity contribution in [1.29, 1.82) is 0 Å². The van der Waals surface area contributed by atoms with Crippen molar-refractivity contribution in [2.75, 3.05) is 13.7 Å². The van der Waals surface area contributed by atoms with Crippen molar-refractivity contribution < 1.29 is 14.3 Å². The summed E-state index contributed by atoms with van der Waals surface area (Å²) in [7, 11) is 1.44. The number of methoxy groups -OCH3 is 1. The molecule has 0 radical (unpaired) electrons. The zero-order chi connectivity index (χ0) is 17.7. The van der Waals surface area contributed by atoms with Crippen LogP contribution in [-0.2, 0) is 14.3 Å². The summed E-state index contributed by atoms with van der Waals surface area (Å²) >= 11 is 0. The highest BCUT2D eigenvalue weighted by atomic mass is 16.6. The minimum atomic E-state index is -0.246. The van der Waals surface area contributed by atoms with Crippen LogP contribution in [0.25, 0.3) is 0 Å². The summed E-state index contributed by atoms with van der Waals surface area (Å²) in [4.78, 5) is 11.4. The van der Waals surface area contributed by atoms with Crippen LogP contribution in [0.15, 0.2) is 0 Å². The average Bonchev–Trinajstić information content (AvgIpc) is 3.01. The topological polar surface area (TPSA) is 35.5 Å². The zero-order valence-corrected chi connectivity index (χ0v) is 16.4. The fraction of sp³-hybridized carbons (Fsp3) is 0.955. The highest BCUT2D eigenvalue weighted by molar-refractivity contribution is 5.70. The second kappa shape index (κ2) is 6.55. The molecular formula is C22H36O3. The van der Waals surface area contributed by atoms with Gasteiger partial charge in [-0.1, -0.05) is 20.3 Å². The Morgan fingerprint density at radius 3 is 2.64 bits per heavy atom. The highest BCUT2D eigenvalue weighted by Crippen LogP contribution is 2.66. The van der Waals surface area contributed by atoms with Crippen molar-refractivity contribution in [3.63, 3.8) is 0 Å². The molecule has 0 aliphatic heterocycles. The van der Waals surface area contributed by atoms with Gasteiger partial charge in [0.05, 0.1) is 13.2 Å². The molecule has 0 aromatic carbocycles. The van der Waals surface area contributed by atoms with Crippen molar-refractivity contribution >= 4 is 5.97 Å². The molecule has 3 heteroatoms. The Labute approximate surface area is 153 Å². The second-order valence-corrected chi connectivity index (χ2v) is 10.0. The Bertz CT molecular complexity index is 517. The predicted octanol–water partition coefficient (Wildman–Crippen LogP) is 4.98. The van der Waals surface area contributed by atoms with Gasteiger partial charge in [0.1, 0.15) is 6.61 Å². The van der Waals surface area contributed by atoms with Gasteiger partial charge in [0.15, 0.2) is 0 Å². The third-order valence-electron chi connectivity index (χ3n) is 9.06. The number of ether oxygens (including phenoxy) is 2. The number of hydrogen-bond donors (Lipinski definition) is 0. The molecule has 25 heavy (non-hydrogen) atoms. The lowest BCUT2D eigenvalue weighted by Crippen LogP contribution is -2.53. The van der Waals surface area contributed by atoms with Crippen LogP contribution in [0.5, 0.6) is 0 Å². The van der Waals surface area contributed by atoms with Gasteiger partial charge in [-0.15, -0.1) is 0 Å². The molecule has 0 N–H and O–H groups in total. The summed E-state index contributed by atoms with van der Waals surface area (Å²) in [6, 6.07) is 0. The lowest BCUT2D eigenvalue weighted by Gasteiger charge is -2.60. The average molecular weight is 349 g/mol. The normalized spacial score (nSPS) is 49.0. The maximum Gasteiger partial charge on any atom is 0.331 e. The SMILES string of the molecule is COC(=O)CO[C@@H]1CC[C@@]2(C)[C@@H](CC[C@H]3[C@H]4CCC[C@@]4(C)CC[C@H]32)C1. The zero-order valence-electron chi connectivity index (χ0n) is 16.4. The summed E-state index contributed by atoms with van der Waals surface area (Å²) in [5.74, 6) is 3.46. The maximum atomic E-state index is 11.4. The van der Waals surface area contributed by atoms with E-state index < -0.39 is 0 Å². The van der Waals surface area contributed by atoms with Gasteiger partial charge in [0.25, 0.3) is 0 Å². The maximum absolute atomic E-state index is 11.4. The van der Waals surface area contributed by atoms with Crippen LogP contribution in [0.3, 0.4) is 0 Å². The van der Waals surface area contributed by atoms with Crippen LogP contribution in [0, 0.1) is 34.5 Å². The monoisotopic (exact) mass is 348 g/mol. The van der Waals surface area contributed by atoms with Crippen molar-refractivity contribution in [2.45, 2.75) is 84.2 Å². The molecule has 0 bridgehead atoms. The molecule has 4 aliphatic carbocycles. The van der Waals surface area contributed by atoms with Gasteiger partial charge in [-0.05, 0) is 92.3 Å². The smallest absolute Gasteiger partial charge is 0.331 e. The number of hydrogen-bond acceptors (Lipinski definition) is 3. The van der Waals surface area contributed by atoms with Crippen LogP contribution in [0.2, 0.25) is 0 Å². The minimum absolute atomic E-state index is 0.122. The summed E-state index contributed by atoms with van der Waals surface area (Å²) in [6.45, 7) is 5.31. The molecule has 0 heterocycles. The van der Waals surface area contributed by atoms with Crippen LogP contribution in [-0.4, -0.2) is 25.8 Å². The molecule has 4 aliphatic rings.